The summed E-state index contributed by atoms with van der Waals surface area (Å²) in [6.07, 6.45) is 0. The Labute approximate surface area is 144 Å². The second-order valence-corrected chi connectivity index (χ2v) is 5.89. The molecule has 1 N–H and O–H groups in total. The van der Waals surface area contributed by atoms with Crippen molar-refractivity contribution in [2.45, 2.75) is 19.5 Å². The van der Waals surface area contributed by atoms with Gasteiger partial charge < -0.3 is 14.8 Å². The van der Waals surface area contributed by atoms with Crippen molar-refractivity contribution in [3.05, 3.63) is 53.6 Å². The van der Waals surface area contributed by atoms with Crippen LogP contribution in [0.4, 0.5) is 14.5 Å². The van der Waals surface area contributed by atoms with E-state index in [1.807, 2.05) is 23.1 Å². The van der Waals surface area contributed by atoms with Gasteiger partial charge in [-0.1, -0.05) is 6.07 Å². The maximum atomic E-state index is 13.7. The number of fused-ring (bicyclic) bond motifs is 1. The molecule has 25 heavy (non-hydrogen) atoms. The molecule has 1 atom stereocenters. The van der Waals surface area contributed by atoms with Crippen molar-refractivity contribution < 1.29 is 23.0 Å². The molecule has 5 nitrogen and oxygen atoms in total. The van der Waals surface area contributed by atoms with Crippen LogP contribution in [0.5, 0.6) is 11.5 Å². The average molecular weight is 348 g/mol. The lowest BCUT2D eigenvalue weighted by atomic mass is 10.1. The Balaban J connectivity index is 1.63. The number of carbonyl (C=O) groups is 1. The van der Waals surface area contributed by atoms with Crippen molar-refractivity contribution in [2.75, 3.05) is 19.2 Å². The maximum Gasteiger partial charge on any atom is 0.241 e. The summed E-state index contributed by atoms with van der Waals surface area (Å²) in [7, 11) is 1.79. The van der Waals surface area contributed by atoms with E-state index in [1.54, 1.807) is 14.0 Å². The fourth-order valence-corrected chi connectivity index (χ4v) is 2.49. The van der Waals surface area contributed by atoms with Crippen LogP contribution in [0.25, 0.3) is 0 Å². The van der Waals surface area contributed by atoms with E-state index >= 15 is 0 Å². The smallest absolute Gasteiger partial charge is 0.241 e. The van der Waals surface area contributed by atoms with Crippen LogP contribution in [0, 0.1) is 11.6 Å². The topological polar surface area (TPSA) is 50.8 Å². The molecule has 1 heterocycles. The van der Waals surface area contributed by atoms with Crippen molar-refractivity contribution in [2.24, 2.45) is 0 Å². The third-order valence-corrected chi connectivity index (χ3v) is 4.10. The summed E-state index contributed by atoms with van der Waals surface area (Å²) in [6, 6.07) is 8.10. The molecule has 0 aliphatic carbocycles. The van der Waals surface area contributed by atoms with Gasteiger partial charge >= 0.3 is 0 Å². The number of carbonyl (C=O) groups excluding carboxylic acids is 1. The third-order valence-electron chi connectivity index (χ3n) is 4.10. The Kier molecular flexibility index (Phi) is 4.85. The van der Waals surface area contributed by atoms with Gasteiger partial charge in [-0.05, 0) is 43.8 Å². The molecule has 7 heteroatoms. The second-order valence-electron chi connectivity index (χ2n) is 5.89. The number of hydrogen-bond donors (Lipinski definition) is 1. The lowest BCUT2D eigenvalue weighted by Gasteiger charge is -2.24. The molecule has 1 unspecified atom stereocenters. The average Bonchev–Trinajstić information content (AvgIpc) is 3.04. The van der Waals surface area contributed by atoms with Crippen LogP contribution < -0.4 is 14.8 Å². The highest BCUT2D eigenvalue weighted by Gasteiger charge is 2.21. The van der Waals surface area contributed by atoms with Gasteiger partial charge in [-0.15, -0.1) is 0 Å². The normalized spacial score (nSPS) is 13.8. The highest BCUT2D eigenvalue weighted by Crippen LogP contribution is 2.32. The van der Waals surface area contributed by atoms with Crippen molar-refractivity contribution in [1.82, 2.24) is 4.90 Å². The predicted octanol–water partition coefficient (Wildman–Crippen LogP) is 3.15. The van der Waals surface area contributed by atoms with Gasteiger partial charge in [0.05, 0.1) is 11.7 Å². The summed E-state index contributed by atoms with van der Waals surface area (Å²) in [5.74, 6) is -0.503. The molecule has 0 saturated heterocycles. The van der Waals surface area contributed by atoms with E-state index in [1.165, 1.54) is 6.07 Å². The second kappa shape index (κ2) is 7.06. The molecule has 0 aromatic heterocycles. The zero-order valence-corrected chi connectivity index (χ0v) is 13.9. The summed E-state index contributed by atoms with van der Waals surface area (Å²) < 4.78 is 37.2. The molecule has 132 valence electrons. The summed E-state index contributed by atoms with van der Waals surface area (Å²) in [5, 5.41) is 2.48. The molecule has 0 radical (unpaired) electrons. The van der Waals surface area contributed by atoms with E-state index in [4.69, 9.17) is 9.47 Å². The molecule has 2 aromatic carbocycles. The number of nitrogens with one attached hydrogen (secondary N) is 1. The molecule has 1 amide bonds. The third kappa shape index (κ3) is 3.88. The van der Waals surface area contributed by atoms with Crippen molar-refractivity contribution in [3.63, 3.8) is 0 Å². The first kappa shape index (κ1) is 17.2. The molecule has 1 aliphatic rings. The fourth-order valence-electron chi connectivity index (χ4n) is 2.49. The van der Waals surface area contributed by atoms with E-state index < -0.39 is 17.7 Å². The monoisotopic (exact) mass is 348 g/mol. The van der Waals surface area contributed by atoms with E-state index in [0.717, 1.165) is 17.7 Å². The molecule has 1 aliphatic heterocycles. The molecule has 3 rings (SSSR count). The van der Waals surface area contributed by atoms with Gasteiger partial charge in [0.25, 0.3) is 0 Å². The summed E-state index contributed by atoms with van der Waals surface area (Å²) >= 11 is 0. The van der Waals surface area contributed by atoms with Gasteiger partial charge in [0.2, 0.25) is 12.7 Å². The number of rotatable bonds is 5. The Morgan fingerprint density at radius 2 is 1.96 bits per heavy atom. The fraction of sp³-hybridized carbons (Fsp3) is 0.278. The summed E-state index contributed by atoms with van der Waals surface area (Å²) in [4.78, 5) is 14.1. The molecular weight excluding hydrogens is 330 g/mol. The van der Waals surface area contributed by atoms with Crippen LogP contribution in [0.15, 0.2) is 36.4 Å². The van der Waals surface area contributed by atoms with Crippen LogP contribution in [-0.4, -0.2) is 30.7 Å². The van der Waals surface area contributed by atoms with Gasteiger partial charge in [0.15, 0.2) is 11.5 Å². The molecule has 2 aromatic rings. The summed E-state index contributed by atoms with van der Waals surface area (Å²) in [6.45, 7) is 2.41. The first-order valence-electron chi connectivity index (χ1n) is 7.78. The minimum Gasteiger partial charge on any atom is -0.454 e. The van der Waals surface area contributed by atoms with Gasteiger partial charge in [0.1, 0.15) is 11.6 Å². The Morgan fingerprint density at radius 1 is 1.20 bits per heavy atom. The zero-order chi connectivity index (χ0) is 18.0. The minimum atomic E-state index is -0.807. The maximum absolute atomic E-state index is 13.7. The van der Waals surface area contributed by atoms with E-state index in [-0.39, 0.29) is 18.4 Å². The number of hydrogen-bond acceptors (Lipinski definition) is 4. The molecule has 0 spiro atoms. The lowest BCUT2D eigenvalue weighted by Crippen LogP contribution is -2.39. The number of nitrogens with zero attached hydrogens (tertiary/aromatic N) is 1. The molecule has 0 fully saturated rings. The minimum absolute atomic E-state index is 0.0465. The van der Waals surface area contributed by atoms with Crippen molar-refractivity contribution in [3.8, 4) is 11.5 Å². The SMILES string of the molecule is CC(C(=O)Nc1ccc(F)cc1F)N(C)Cc1ccc2c(c1)OCO2. The molecule has 0 saturated carbocycles. The summed E-state index contributed by atoms with van der Waals surface area (Å²) in [5.41, 5.74) is 0.911. The molecule has 0 bridgehead atoms. The number of amides is 1. The number of anilines is 1. The Bertz CT molecular complexity index is 798. The van der Waals surface area contributed by atoms with E-state index in [2.05, 4.69) is 5.32 Å². The van der Waals surface area contributed by atoms with Crippen LogP contribution in [-0.2, 0) is 11.3 Å². The Hall–Kier alpha value is -2.67. The van der Waals surface area contributed by atoms with Gasteiger partial charge in [0, 0.05) is 12.6 Å². The van der Waals surface area contributed by atoms with Crippen molar-refractivity contribution >= 4 is 11.6 Å². The van der Waals surface area contributed by atoms with Gasteiger partial charge in [-0.2, -0.15) is 0 Å². The van der Waals surface area contributed by atoms with E-state index in [0.29, 0.717) is 18.0 Å². The highest BCUT2D eigenvalue weighted by atomic mass is 19.1. The first-order chi connectivity index (χ1) is 11.9. The number of likely N-dealkylation sites (N-methyl/N-ethyl adjacent to an activating group) is 1. The zero-order valence-electron chi connectivity index (χ0n) is 13.9. The molecular formula is C18H18F2N2O3. The quantitative estimate of drug-likeness (QED) is 0.902. The van der Waals surface area contributed by atoms with Crippen LogP contribution in [0.2, 0.25) is 0 Å². The van der Waals surface area contributed by atoms with Gasteiger partial charge in [-0.3, -0.25) is 9.69 Å². The lowest BCUT2D eigenvalue weighted by molar-refractivity contribution is -0.120. The first-order valence-corrected chi connectivity index (χ1v) is 7.78. The van der Waals surface area contributed by atoms with Crippen LogP contribution in [0.3, 0.4) is 0 Å². The predicted molar refractivity (Wildman–Crippen MR) is 88.5 cm³/mol. The van der Waals surface area contributed by atoms with Crippen LogP contribution >= 0.6 is 0 Å². The largest absolute Gasteiger partial charge is 0.454 e. The standard InChI is InChI=1S/C18H18F2N2O3/c1-11(18(23)21-15-5-4-13(19)8-14(15)20)22(2)9-12-3-6-16-17(7-12)25-10-24-16/h3-8,11H,9-10H2,1-2H3,(H,21,23). The number of benzene rings is 2. The van der Waals surface area contributed by atoms with Crippen molar-refractivity contribution in [1.29, 1.82) is 0 Å². The van der Waals surface area contributed by atoms with E-state index in [9.17, 15) is 13.6 Å². The van der Waals surface area contributed by atoms with Crippen LogP contribution in [0.1, 0.15) is 12.5 Å². The number of ether oxygens (including phenoxy) is 2. The van der Waals surface area contributed by atoms with Gasteiger partial charge in [-0.25, -0.2) is 8.78 Å². The number of halogens is 2. The highest BCUT2D eigenvalue weighted by molar-refractivity contribution is 5.94. The Morgan fingerprint density at radius 3 is 2.72 bits per heavy atom.